The molecule has 2 aromatic carbocycles. The molecule has 1 N–H and O–H groups in total. The lowest BCUT2D eigenvalue weighted by Gasteiger charge is -2.31. The maximum Gasteiger partial charge on any atom is 0.269 e. The van der Waals surface area contributed by atoms with Gasteiger partial charge in [-0.05, 0) is 60.9 Å². The molecule has 1 saturated heterocycles. The highest BCUT2D eigenvalue weighted by Crippen LogP contribution is 2.21. The van der Waals surface area contributed by atoms with E-state index in [1.54, 1.807) is 30.3 Å². The molecule has 0 atom stereocenters. The lowest BCUT2D eigenvalue weighted by molar-refractivity contribution is -0.384. The molecule has 6 heteroatoms. The molecule has 6 nitrogen and oxygen atoms in total. The molecule has 0 unspecified atom stereocenters. The third kappa shape index (κ3) is 4.34. The van der Waals surface area contributed by atoms with Gasteiger partial charge in [-0.15, -0.1) is 0 Å². The van der Waals surface area contributed by atoms with Crippen LogP contribution in [0.4, 0.5) is 11.4 Å². The molecule has 0 saturated carbocycles. The summed E-state index contributed by atoms with van der Waals surface area (Å²) in [5, 5.41) is 20.2. The van der Waals surface area contributed by atoms with E-state index in [1.165, 1.54) is 18.2 Å². The number of aliphatic hydroxyl groups is 1. The van der Waals surface area contributed by atoms with Gasteiger partial charge in [0.25, 0.3) is 5.69 Å². The number of carbonyl (C=O) groups excluding carboxylic acids is 1. The van der Waals surface area contributed by atoms with Gasteiger partial charge in [0.1, 0.15) is 0 Å². The highest BCUT2D eigenvalue weighted by molar-refractivity contribution is 6.07. The minimum atomic E-state index is -0.455. The maximum absolute atomic E-state index is 12.3. The van der Waals surface area contributed by atoms with Gasteiger partial charge in [-0.1, -0.05) is 6.08 Å². The molecule has 134 valence electrons. The van der Waals surface area contributed by atoms with Crippen LogP contribution in [0.3, 0.4) is 0 Å². The van der Waals surface area contributed by atoms with Gasteiger partial charge in [0.2, 0.25) is 0 Å². The zero-order valence-corrected chi connectivity index (χ0v) is 14.2. The number of non-ortho nitro benzene ring substituents is 1. The smallest absolute Gasteiger partial charge is 0.269 e. The number of ketones is 1. The highest BCUT2D eigenvalue weighted by atomic mass is 16.6. The van der Waals surface area contributed by atoms with Gasteiger partial charge in [0, 0.05) is 36.5 Å². The Morgan fingerprint density at radius 3 is 2.27 bits per heavy atom. The summed E-state index contributed by atoms with van der Waals surface area (Å²) in [7, 11) is 0. The van der Waals surface area contributed by atoms with Crippen molar-refractivity contribution < 1.29 is 14.8 Å². The maximum atomic E-state index is 12.3. The molecule has 0 spiro atoms. The summed E-state index contributed by atoms with van der Waals surface area (Å²) in [6.45, 7) is 1.63. The molecule has 1 heterocycles. The van der Waals surface area contributed by atoms with Gasteiger partial charge in [0.15, 0.2) is 5.78 Å². The van der Waals surface area contributed by atoms with Crippen LogP contribution in [0.15, 0.2) is 54.6 Å². The van der Waals surface area contributed by atoms with Gasteiger partial charge in [-0.3, -0.25) is 14.9 Å². The Morgan fingerprint density at radius 1 is 1.08 bits per heavy atom. The number of nitro groups is 1. The summed E-state index contributed by atoms with van der Waals surface area (Å²) in [6.07, 6.45) is 4.42. The Balaban J connectivity index is 1.63. The standard InChI is InChI=1S/C20H20N2O4/c23-19-11-13-21(14-12-19)17-8-4-16(5-9-17)20(24)10-3-15-1-6-18(7-2-15)22(25)26/h1-10,19,23H,11-14H2. The summed E-state index contributed by atoms with van der Waals surface area (Å²) in [5.41, 5.74) is 2.39. The third-order valence-corrected chi connectivity index (χ3v) is 4.51. The van der Waals surface area contributed by atoms with E-state index in [2.05, 4.69) is 4.90 Å². The SMILES string of the molecule is O=C(C=Cc1ccc([N+](=O)[O-])cc1)c1ccc(N2CCC(O)CC2)cc1. The molecule has 0 radical (unpaired) electrons. The van der Waals surface area contributed by atoms with E-state index in [0.29, 0.717) is 5.56 Å². The summed E-state index contributed by atoms with van der Waals surface area (Å²) in [4.78, 5) is 24.7. The van der Waals surface area contributed by atoms with E-state index in [4.69, 9.17) is 0 Å². The molecule has 1 aliphatic rings. The Labute approximate surface area is 151 Å². The number of hydrogen-bond donors (Lipinski definition) is 1. The van der Waals surface area contributed by atoms with Crippen LogP contribution in [0.1, 0.15) is 28.8 Å². The van der Waals surface area contributed by atoms with Crippen LogP contribution in [0.25, 0.3) is 6.08 Å². The molecule has 0 aliphatic carbocycles. The third-order valence-electron chi connectivity index (χ3n) is 4.51. The molecule has 26 heavy (non-hydrogen) atoms. The Morgan fingerprint density at radius 2 is 1.69 bits per heavy atom. The quantitative estimate of drug-likeness (QED) is 0.386. The van der Waals surface area contributed by atoms with Crippen LogP contribution in [0.2, 0.25) is 0 Å². The fourth-order valence-corrected chi connectivity index (χ4v) is 2.94. The number of anilines is 1. The number of hydrogen-bond acceptors (Lipinski definition) is 5. The zero-order valence-electron chi connectivity index (χ0n) is 14.2. The Hall–Kier alpha value is -2.99. The van der Waals surface area contributed by atoms with Crippen molar-refractivity contribution >= 4 is 23.2 Å². The fourth-order valence-electron chi connectivity index (χ4n) is 2.94. The second kappa shape index (κ2) is 7.93. The van der Waals surface area contributed by atoms with Gasteiger partial charge >= 0.3 is 0 Å². The van der Waals surface area contributed by atoms with E-state index in [1.807, 2.05) is 12.1 Å². The number of aliphatic hydroxyl groups excluding tert-OH is 1. The van der Waals surface area contributed by atoms with E-state index < -0.39 is 4.92 Å². The molecule has 1 fully saturated rings. The lowest BCUT2D eigenvalue weighted by Crippen LogP contribution is -2.35. The van der Waals surface area contributed by atoms with Crippen molar-refractivity contribution in [2.24, 2.45) is 0 Å². The van der Waals surface area contributed by atoms with Crippen molar-refractivity contribution in [3.05, 3.63) is 75.8 Å². The van der Waals surface area contributed by atoms with E-state index in [0.717, 1.165) is 37.2 Å². The van der Waals surface area contributed by atoms with Gasteiger partial charge in [-0.2, -0.15) is 0 Å². The summed E-state index contributed by atoms with van der Waals surface area (Å²) in [5.74, 6) is -0.121. The lowest BCUT2D eigenvalue weighted by atomic mass is 10.1. The number of nitrogens with zero attached hydrogens (tertiary/aromatic N) is 2. The van der Waals surface area contributed by atoms with Crippen molar-refractivity contribution in [2.75, 3.05) is 18.0 Å². The molecule has 1 aliphatic heterocycles. The molecule has 0 amide bonds. The number of piperidine rings is 1. The summed E-state index contributed by atoms with van der Waals surface area (Å²) < 4.78 is 0. The number of nitro benzene ring substituents is 1. The first-order chi connectivity index (χ1) is 12.5. The normalized spacial score (nSPS) is 15.3. The van der Waals surface area contributed by atoms with Crippen LogP contribution >= 0.6 is 0 Å². The second-order valence-corrected chi connectivity index (χ2v) is 6.31. The molecule has 0 bridgehead atoms. The van der Waals surface area contributed by atoms with Crippen LogP contribution in [0, 0.1) is 10.1 Å². The number of carbonyl (C=O) groups is 1. The van der Waals surface area contributed by atoms with Crippen LogP contribution < -0.4 is 4.90 Å². The average molecular weight is 352 g/mol. The number of benzene rings is 2. The molecular formula is C20H20N2O4. The van der Waals surface area contributed by atoms with E-state index in [-0.39, 0.29) is 17.6 Å². The van der Waals surface area contributed by atoms with Crippen molar-refractivity contribution in [1.82, 2.24) is 0 Å². The van der Waals surface area contributed by atoms with Crippen LogP contribution in [0.5, 0.6) is 0 Å². The topological polar surface area (TPSA) is 83.7 Å². The van der Waals surface area contributed by atoms with Crippen LogP contribution in [-0.2, 0) is 0 Å². The minimum Gasteiger partial charge on any atom is -0.393 e. The van der Waals surface area contributed by atoms with Gasteiger partial charge < -0.3 is 10.0 Å². The Bertz CT molecular complexity index is 805. The first kappa shape index (κ1) is 17.8. The van der Waals surface area contributed by atoms with Crippen molar-refractivity contribution in [3.63, 3.8) is 0 Å². The van der Waals surface area contributed by atoms with Gasteiger partial charge in [-0.25, -0.2) is 0 Å². The largest absolute Gasteiger partial charge is 0.393 e. The molecule has 0 aromatic heterocycles. The highest BCUT2D eigenvalue weighted by Gasteiger charge is 2.17. The average Bonchev–Trinajstić information content (AvgIpc) is 2.67. The number of rotatable bonds is 5. The fraction of sp³-hybridized carbons (Fsp3) is 0.250. The van der Waals surface area contributed by atoms with Crippen molar-refractivity contribution in [3.8, 4) is 0 Å². The van der Waals surface area contributed by atoms with E-state index in [9.17, 15) is 20.0 Å². The first-order valence-corrected chi connectivity index (χ1v) is 8.53. The minimum absolute atomic E-state index is 0.0225. The van der Waals surface area contributed by atoms with Crippen molar-refractivity contribution in [1.29, 1.82) is 0 Å². The van der Waals surface area contributed by atoms with Crippen molar-refractivity contribution in [2.45, 2.75) is 18.9 Å². The monoisotopic (exact) mass is 352 g/mol. The second-order valence-electron chi connectivity index (χ2n) is 6.31. The van der Waals surface area contributed by atoms with Crippen LogP contribution in [-0.4, -0.2) is 35.0 Å². The number of allylic oxidation sites excluding steroid dienone is 1. The molecular weight excluding hydrogens is 332 g/mol. The molecule has 2 aromatic rings. The summed E-state index contributed by atoms with van der Waals surface area (Å²) in [6, 6.07) is 13.5. The first-order valence-electron chi connectivity index (χ1n) is 8.53. The summed E-state index contributed by atoms with van der Waals surface area (Å²) >= 11 is 0. The van der Waals surface area contributed by atoms with E-state index >= 15 is 0 Å². The predicted molar refractivity (Wildman–Crippen MR) is 100 cm³/mol. The predicted octanol–water partition coefficient (Wildman–Crippen LogP) is 3.45. The zero-order chi connectivity index (χ0) is 18.5. The van der Waals surface area contributed by atoms with Gasteiger partial charge in [0.05, 0.1) is 11.0 Å². The Kier molecular flexibility index (Phi) is 5.43. The molecule has 3 rings (SSSR count).